The molecule has 0 saturated heterocycles. The summed E-state index contributed by atoms with van der Waals surface area (Å²) in [5.41, 5.74) is -0.104. The quantitative estimate of drug-likeness (QED) is 0.526. The van der Waals surface area contributed by atoms with Crippen molar-refractivity contribution in [1.29, 1.82) is 0 Å². The summed E-state index contributed by atoms with van der Waals surface area (Å²) < 4.78 is 0. The second kappa shape index (κ2) is 5.34. The van der Waals surface area contributed by atoms with Crippen LogP contribution in [0, 0.1) is 10.1 Å². The molecule has 1 aromatic rings. The first-order chi connectivity index (χ1) is 7.41. The van der Waals surface area contributed by atoms with Gasteiger partial charge in [0.1, 0.15) is 5.02 Å². The van der Waals surface area contributed by atoms with E-state index in [-0.39, 0.29) is 16.4 Å². The van der Waals surface area contributed by atoms with Crippen LogP contribution in [-0.2, 0) is 4.79 Å². The highest BCUT2D eigenvalue weighted by molar-refractivity contribution is 6.54. The maximum Gasteiger partial charge on any atom is 0.289 e. The number of benzene rings is 1. The van der Waals surface area contributed by atoms with E-state index in [1.54, 1.807) is 0 Å². The average molecular weight is 283 g/mol. The van der Waals surface area contributed by atoms with Gasteiger partial charge in [-0.1, -0.05) is 34.8 Å². The van der Waals surface area contributed by atoms with Gasteiger partial charge in [-0.05, 0) is 12.1 Å². The van der Waals surface area contributed by atoms with Crippen LogP contribution in [0.4, 0.5) is 11.4 Å². The number of nitrogens with zero attached hydrogens (tertiary/aromatic N) is 1. The zero-order chi connectivity index (χ0) is 12.3. The van der Waals surface area contributed by atoms with Crippen LogP contribution in [0.1, 0.15) is 0 Å². The molecule has 0 atom stereocenters. The van der Waals surface area contributed by atoms with Crippen molar-refractivity contribution in [2.45, 2.75) is 4.84 Å². The molecular weight excluding hydrogens is 278 g/mol. The predicted octanol–water partition coefficient (Wildman–Crippen LogP) is 2.99. The maximum atomic E-state index is 11.1. The Labute approximate surface area is 105 Å². The van der Waals surface area contributed by atoms with Crippen LogP contribution in [0.3, 0.4) is 0 Å². The number of amides is 1. The van der Waals surface area contributed by atoms with Gasteiger partial charge >= 0.3 is 0 Å². The van der Waals surface area contributed by atoms with E-state index in [0.717, 1.165) is 6.07 Å². The van der Waals surface area contributed by atoms with Crippen molar-refractivity contribution >= 4 is 52.1 Å². The molecule has 8 heteroatoms. The molecular formula is C8H5Cl3N2O3. The lowest BCUT2D eigenvalue weighted by Gasteiger charge is -2.05. The summed E-state index contributed by atoms with van der Waals surface area (Å²) in [7, 11) is 0. The van der Waals surface area contributed by atoms with Gasteiger partial charge in [0.05, 0.1) is 4.92 Å². The largest absolute Gasteiger partial charge is 0.323 e. The molecule has 1 rings (SSSR count). The molecule has 0 aliphatic rings. The van der Waals surface area contributed by atoms with E-state index in [4.69, 9.17) is 34.8 Å². The SMILES string of the molecule is O=C(Nc1ccc(Cl)c([N+](=O)[O-])c1)C(Cl)Cl. The molecule has 1 aromatic carbocycles. The van der Waals surface area contributed by atoms with Crippen molar-refractivity contribution in [3.05, 3.63) is 33.3 Å². The predicted molar refractivity (Wildman–Crippen MR) is 62.2 cm³/mol. The zero-order valence-electron chi connectivity index (χ0n) is 7.62. The summed E-state index contributed by atoms with van der Waals surface area (Å²) in [5.74, 6) is -0.667. The van der Waals surface area contributed by atoms with Crippen LogP contribution in [0.15, 0.2) is 18.2 Å². The molecule has 5 nitrogen and oxygen atoms in total. The Morgan fingerprint density at radius 1 is 1.44 bits per heavy atom. The number of rotatable bonds is 3. The van der Waals surface area contributed by atoms with E-state index in [9.17, 15) is 14.9 Å². The maximum absolute atomic E-state index is 11.1. The molecule has 0 aromatic heterocycles. The standard InChI is InChI=1S/C8H5Cl3N2O3/c9-5-2-1-4(3-6(5)13(15)16)12-8(14)7(10)11/h1-3,7H,(H,12,14). The van der Waals surface area contributed by atoms with Gasteiger partial charge in [0.25, 0.3) is 11.6 Å². The van der Waals surface area contributed by atoms with Crippen molar-refractivity contribution in [3.63, 3.8) is 0 Å². The number of carbonyl (C=O) groups excluding carboxylic acids is 1. The van der Waals surface area contributed by atoms with Crippen LogP contribution in [-0.4, -0.2) is 15.7 Å². The Morgan fingerprint density at radius 2 is 2.06 bits per heavy atom. The van der Waals surface area contributed by atoms with Gasteiger partial charge in [-0.2, -0.15) is 0 Å². The molecule has 0 fully saturated rings. The number of nitrogens with one attached hydrogen (secondary N) is 1. The Bertz CT molecular complexity index is 437. The Balaban J connectivity index is 2.95. The van der Waals surface area contributed by atoms with E-state index in [0.29, 0.717) is 0 Å². The van der Waals surface area contributed by atoms with Crippen molar-refractivity contribution in [2.24, 2.45) is 0 Å². The summed E-state index contributed by atoms with van der Waals surface area (Å²) in [6, 6.07) is 3.83. The molecule has 1 N–H and O–H groups in total. The number of anilines is 1. The number of halogens is 3. The third-order valence-electron chi connectivity index (χ3n) is 1.61. The topological polar surface area (TPSA) is 72.2 Å². The van der Waals surface area contributed by atoms with Crippen LogP contribution >= 0.6 is 34.8 Å². The molecule has 0 radical (unpaired) electrons. The summed E-state index contributed by atoms with van der Waals surface area (Å²) in [5, 5.41) is 12.8. The molecule has 0 unspecified atom stereocenters. The van der Waals surface area contributed by atoms with Crippen molar-refractivity contribution < 1.29 is 9.72 Å². The fourth-order valence-electron chi connectivity index (χ4n) is 0.927. The summed E-state index contributed by atoms with van der Waals surface area (Å²) in [6.45, 7) is 0. The normalized spacial score (nSPS) is 10.2. The Hall–Kier alpha value is -1.04. The number of carbonyl (C=O) groups is 1. The minimum Gasteiger partial charge on any atom is -0.323 e. The van der Waals surface area contributed by atoms with Gasteiger partial charge in [0.15, 0.2) is 4.84 Å². The van der Waals surface area contributed by atoms with Crippen LogP contribution in [0.25, 0.3) is 0 Å². The molecule has 86 valence electrons. The minimum atomic E-state index is -1.24. The summed E-state index contributed by atoms with van der Waals surface area (Å²) >= 11 is 16.2. The number of hydrogen-bond donors (Lipinski definition) is 1. The lowest BCUT2D eigenvalue weighted by Crippen LogP contribution is -2.18. The van der Waals surface area contributed by atoms with Crippen molar-refractivity contribution in [1.82, 2.24) is 0 Å². The van der Waals surface area contributed by atoms with E-state index in [2.05, 4.69) is 5.32 Å². The van der Waals surface area contributed by atoms with E-state index in [1.807, 2.05) is 0 Å². The highest BCUT2D eigenvalue weighted by Gasteiger charge is 2.16. The second-order valence-corrected chi connectivity index (χ2v) is 4.22. The van der Waals surface area contributed by atoms with Gasteiger partial charge in [0.2, 0.25) is 0 Å². The number of hydrogen-bond acceptors (Lipinski definition) is 3. The number of alkyl halides is 2. The third-order valence-corrected chi connectivity index (χ3v) is 2.32. The van der Waals surface area contributed by atoms with Crippen molar-refractivity contribution in [2.75, 3.05) is 5.32 Å². The second-order valence-electron chi connectivity index (χ2n) is 2.71. The Morgan fingerprint density at radius 3 is 2.56 bits per heavy atom. The van der Waals surface area contributed by atoms with Crippen molar-refractivity contribution in [3.8, 4) is 0 Å². The van der Waals surface area contributed by atoms with Crippen LogP contribution in [0.5, 0.6) is 0 Å². The molecule has 0 aliphatic heterocycles. The molecule has 0 saturated carbocycles. The molecule has 0 bridgehead atoms. The number of nitro benzene ring substituents is 1. The first-order valence-corrected chi connectivity index (χ1v) is 5.20. The summed E-state index contributed by atoms with van der Waals surface area (Å²) in [4.78, 5) is 19.8. The van der Waals surface area contributed by atoms with Crippen LogP contribution in [0.2, 0.25) is 5.02 Å². The lowest BCUT2D eigenvalue weighted by molar-refractivity contribution is -0.384. The molecule has 0 aliphatic carbocycles. The van der Waals surface area contributed by atoms with E-state index >= 15 is 0 Å². The smallest absolute Gasteiger partial charge is 0.289 e. The zero-order valence-corrected chi connectivity index (χ0v) is 9.88. The summed E-state index contributed by atoms with van der Waals surface area (Å²) in [6.07, 6.45) is 0. The lowest BCUT2D eigenvalue weighted by atomic mass is 10.3. The fourth-order valence-corrected chi connectivity index (χ4v) is 1.22. The first kappa shape index (κ1) is 13.0. The van der Waals surface area contributed by atoms with Gasteiger partial charge < -0.3 is 5.32 Å². The van der Waals surface area contributed by atoms with E-state index in [1.165, 1.54) is 12.1 Å². The molecule has 16 heavy (non-hydrogen) atoms. The van der Waals surface area contributed by atoms with Gasteiger partial charge in [-0.25, -0.2) is 0 Å². The first-order valence-electron chi connectivity index (χ1n) is 3.95. The minimum absolute atomic E-state index is 0.0173. The monoisotopic (exact) mass is 282 g/mol. The molecule has 0 heterocycles. The van der Waals surface area contributed by atoms with E-state index < -0.39 is 15.7 Å². The van der Waals surface area contributed by atoms with Crippen LogP contribution < -0.4 is 5.32 Å². The number of nitro groups is 1. The molecule has 0 spiro atoms. The highest BCUT2D eigenvalue weighted by atomic mass is 35.5. The molecule has 1 amide bonds. The van der Waals surface area contributed by atoms with Gasteiger partial charge in [-0.15, -0.1) is 0 Å². The Kier molecular flexibility index (Phi) is 4.35. The fraction of sp³-hybridized carbons (Fsp3) is 0.125. The van der Waals surface area contributed by atoms with Gasteiger partial charge in [0, 0.05) is 11.8 Å². The average Bonchev–Trinajstić information content (AvgIpc) is 2.20. The third kappa shape index (κ3) is 3.23. The van der Waals surface area contributed by atoms with Gasteiger partial charge in [-0.3, -0.25) is 14.9 Å². The highest BCUT2D eigenvalue weighted by Crippen LogP contribution is 2.27.